The summed E-state index contributed by atoms with van der Waals surface area (Å²) in [4.78, 5) is 0. The molecule has 1 heterocycles. The van der Waals surface area contributed by atoms with E-state index in [1.54, 1.807) is 6.07 Å². The van der Waals surface area contributed by atoms with E-state index >= 15 is 0 Å². The SMILES string of the molecule is OCC1CC(O)C(O)C(c2ccc(Cl)c(O)c2)O1. The van der Waals surface area contributed by atoms with Gasteiger partial charge in [0.2, 0.25) is 0 Å². The predicted octanol–water partition coefficient (Wildman–Crippen LogP) is 0.590. The highest BCUT2D eigenvalue weighted by atomic mass is 35.5. The number of aliphatic hydroxyl groups is 3. The van der Waals surface area contributed by atoms with Gasteiger partial charge in [-0.25, -0.2) is 0 Å². The van der Waals surface area contributed by atoms with Crippen molar-refractivity contribution in [2.24, 2.45) is 0 Å². The molecule has 4 atom stereocenters. The van der Waals surface area contributed by atoms with Gasteiger partial charge in [0, 0.05) is 6.42 Å². The minimum absolute atomic E-state index is 0.120. The summed E-state index contributed by atoms with van der Waals surface area (Å²) in [5.74, 6) is -0.120. The molecule has 0 saturated carbocycles. The molecule has 4 unspecified atom stereocenters. The Kier molecular flexibility index (Phi) is 4.09. The molecule has 100 valence electrons. The van der Waals surface area contributed by atoms with Crippen LogP contribution in [0.15, 0.2) is 18.2 Å². The van der Waals surface area contributed by atoms with Crippen LogP contribution in [0, 0.1) is 0 Å². The lowest BCUT2D eigenvalue weighted by molar-refractivity contribution is -0.179. The summed E-state index contributed by atoms with van der Waals surface area (Å²) in [5.41, 5.74) is 0.501. The van der Waals surface area contributed by atoms with E-state index in [1.165, 1.54) is 12.1 Å². The first-order valence-corrected chi connectivity index (χ1v) is 6.01. The van der Waals surface area contributed by atoms with E-state index in [9.17, 15) is 15.3 Å². The molecule has 0 spiro atoms. The van der Waals surface area contributed by atoms with E-state index in [2.05, 4.69) is 0 Å². The maximum atomic E-state index is 9.89. The van der Waals surface area contributed by atoms with Crippen LogP contribution in [0.1, 0.15) is 18.1 Å². The molecule has 1 aromatic carbocycles. The average molecular weight is 275 g/mol. The smallest absolute Gasteiger partial charge is 0.134 e. The van der Waals surface area contributed by atoms with Crippen LogP contribution in [0.5, 0.6) is 5.75 Å². The van der Waals surface area contributed by atoms with Gasteiger partial charge in [0.05, 0.1) is 23.8 Å². The normalized spacial score (nSPS) is 32.4. The summed E-state index contributed by atoms with van der Waals surface area (Å²) in [6, 6.07) is 4.46. The van der Waals surface area contributed by atoms with Gasteiger partial charge in [-0.3, -0.25) is 0 Å². The Morgan fingerprint density at radius 1 is 1.33 bits per heavy atom. The summed E-state index contributed by atoms with van der Waals surface area (Å²) >= 11 is 5.70. The molecular weight excluding hydrogens is 260 g/mol. The van der Waals surface area contributed by atoms with Crippen LogP contribution in [0.3, 0.4) is 0 Å². The number of aromatic hydroxyl groups is 1. The zero-order valence-corrected chi connectivity index (χ0v) is 10.3. The van der Waals surface area contributed by atoms with Crippen molar-refractivity contribution in [1.82, 2.24) is 0 Å². The molecule has 18 heavy (non-hydrogen) atoms. The van der Waals surface area contributed by atoms with Gasteiger partial charge >= 0.3 is 0 Å². The monoisotopic (exact) mass is 274 g/mol. The first-order chi connectivity index (χ1) is 8.52. The number of ether oxygens (including phenoxy) is 1. The quantitative estimate of drug-likeness (QED) is 0.634. The molecule has 1 aromatic rings. The van der Waals surface area contributed by atoms with Crippen LogP contribution >= 0.6 is 11.6 Å². The third-order valence-corrected chi connectivity index (χ3v) is 3.37. The molecular formula is C12H15ClO5. The Hall–Kier alpha value is -0.850. The topological polar surface area (TPSA) is 90.2 Å². The Balaban J connectivity index is 2.26. The van der Waals surface area contributed by atoms with E-state index in [4.69, 9.17) is 21.4 Å². The molecule has 6 heteroatoms. The average Bonchev–Trinajstić information content (AvgIpc) is 2.36. The molecule has 0 amide bonds. The molecule has 5 nitrogen and oxygen atoms in total. The van der Waals surface area contributed by atoms with Gasteiger partial charge in [0.25, 0.3) is 0 Å². The van der Waals surface area contributed by atoms with Gasteiger partial charge in [-0.05, 0) is 17.7 Å². The minimum atomic E-state index is -1.10. The Morgan fingerprint density at radius 2 is 2.06 bits per heavy atom. The lowest BCUT2D eigenvalue weighted by Crippen LogP contribution is -2.44. The Morgan fingerprint density at radius 3 is 2.67 bits per heavy atom. The lowest BCUT2D eigenvalue weighted by atomic mass is 9.93. The number of rotatable bonds is 2. The molecule has 0 bridgehead atoms. The summed E-state index contributed by atoms with van der Waals surface area (Å²) in [5, 5.41) is 38.4. The molecule has 1 saturated heterocycles. The highest BCUT2D eigenvalue weighted by Gasteiger charge is 2.37. The number of hydrogen-bond acceptors (Lipinski definition) is 5. The van der Waals surface area contributed by atoms with Crippen molar-refractivity contribution in [3.63, 3.8) is 0 Å². The highest BCUT2D eigenvalue weighted by molar-refractivity contribution is 6.32. The van der Waals surface area contributed by atoms with Crippen LogP contribution in [0.4, 0.5) is 0 Å². The molecule has 2 rings (SSSR count). The summed E-state index contributed by atoms with van der Waals surface area (Å²) in [6.45, 7) is -0.236. The van der Waals surface area contributed by atoms with Crippen molar-refractivity contribution in [3.8, 4) is 5.75 Å². The van der Waals surface area contributed by atoms with Crippen LogP contribution < -0.4 is 0 Å². The largest absolute Gasteiger partial charge is 0.506 e. The lowest BCUT2D eigenvalue weighted by Gasteiger charge is -2.36. The zero-order valence-electron chi connectivity index (χ0n) is 9.53. The molecule has 0 radical (unpaired) electrons. The molecule has 0 aromatic heterocycles. The fourth-order valence-electron chi connectivity index (χ4n) is 2.05. The number of aliphatic hydroxyl groups excluding tert-OH is 3. The minimum Gasteiger partial charge on any atom is -0.506 e. The number of phenols is 1. The fraction of sp³-hybridized carbons (Fsp3) is 0.500. The van der Waals surface area contributed by atoms with Crippen LogP contribution in [-0.2, 0) is 4.74 Å². The maximum Gasteiger partial charge on any atom is 0.134 e. The number of halogens is 1. The Labute approximate surface area is 109 Å². The Bertz CT molecular complexity index is 425. The maximum absolute atomic E-state index is 9.89. The van der Waals surface area contributed by atoms with Crippen LogP contribution in [0.2, 0.25) is 5.02 Å². The van der Waals surface area contributed by atoms with Gasteiger partial charge in [-0.15, -0.1) is 0 Å². The first kappa shape index (κ1) is 13.6. The number of benzene rings is 1. The van der Waals surface area contributed by atoms with Crippen LogP contribution in [0.25, 0.3) is 0 Å². The van der Waals surface area contributed by atoms with E-state index in [-0.39, 0.29) is 23.8 Å². The van der Waals surface area contributed by atoms with E-state index in [0.717, 1.165) is 0 Å². The summed E-state index contributed by atoms with van der Waals surface area (Å²) < 4.78 is 5.48. The molecule has 1 fully saturated rings. The van der Waals surface area contributed by atoms with Crippen molar-refractivity contribution < 1.29 is 25.2 Å². The van der Waals surface area contributed by atoms with Gasteiger partial charge in [0.1, 0.15) is 18.0 Å². The molecule has 4 N–H and O–H groups in total. The van der Waals surface area contributed by atoms with E-state index < -0.39 is 24.4 Å². The van der Waals surface area contributed by atoms with E-state index in [0.29, 0.717) is 5.56 Å². The second kappa shape index (κ2) is 5.42. The predicted molar refractivity (Wildman–Crippen MR) is 64.4 cm³/mol. The van der Waals surface area contributed by atoms with Crippen molar-refractivity contribution >= 4 is 11.6 Å². The summed E-state index contributed by atoms with van der Waals surface area (Å²) in [7, 11) is 0. The third kappa shape index (κ3) is 2.60. The standard InChI is InChI=1S/C12H15ClO5/c13-8-2-1-6(3-9(8)15)12-11(17)10(16)4-7(5-14)18-12/h1-3,7,10-12,14-17H,4-5H2. The second-order valence-electron chi connectivity index (χ2n) is 4.37. The van der Waals surface area contributed by atoms with Crippen molar-refractivity contribution in [2.45, 2.75) is 30.8 Å². The number of phenolic OH excluding ortho intramolecular Hbond substituents is 1. The van der Waals surface area contributed by atoms with Crippen molar-refractivity contribution in [2.75, 3.05) is 6.61 Å². The van der Waals surface area contributed by atoms with Crippen molar-refractivity contribution in [1.29, 1.82) is 0 Å². The van der Waals surface area contributed by atoms with E-state index in [1.807, 2.05) is 0 Å². The molecule has 0 aliphatic carbocycles. The third-order valence-electron chi connectivity index (χ3n) is 3.05. The van der Waals surface area contributed by atoms with Gasteiger partial charge in [-0.1, -0.05) is 17.7 Å². The highest BCUT2D eigenvalue weighted by Crippen LogP contribution is 2.35. The van der Waals surface area contributed by atoms with Crippen LogP contribution in [-0.4, -0.2) is 45.3 Å². The first-order valence-electron chi connectivity index (χ1n) is 5.63. The zero-order chi connectivity index (χ0) is 13.3. The molecule has 1 aliphatic rings. The van der Waals surface area contributed by atoms with Gasteiger partial charge < -0.3 is 25.2 Å². The number of hydrogen-bond donors (Lipinski definition) is 4. The summed E-state index contributed by atoms with van der Waals surface area (Å²) in [6.07, 6.45) is -3.24. The van der Waals surface area contributed by atoms with Crippen molar-refractivity contribution in [3.05, 3.63) is 28.8 Å². The fourth-order valence-corrected chi connectivity index (χ4v) is 2.17. The van der Waals surface area contributed by atoms with Gasteiger partial charge in [-0.2, -0.15) is 0 Å². The molecule has 1 aliphatic heterocycles. The second-order valence-corrected chi connectivity index (χ2v) is 4.77. The van der Waals surface area contributed by atoms with Gasteiger partial charge in [0.15, 0.2) is 0 Å².